The monoisotopic (exact) mass is 329 g/mol. The van der Waals surface area contributed by atoms with Crippen LogP contribution in [0, 0.1) is 6.92 Å². The first-order chi connectivity index (χ1) is 11.6. The Hall–Kier alpha value is -2.28. The van der Waals surface area contributed by atoms with Crippen LogP contribution in [0.15, 0.2) is 18.5 Å². The number of carbonyl (C=O) groups is 1. The van der Waals surface area contributed by atoms with E-state index in [1.807, 2.05) is 20.0 Å². The summed E-state index contributed by atoms with van der Waals surface area (Å²) in [6.45, 7) is 3.26. The second-order valence-electron chi connectivity index (χ2n) is 6.24. The molecule has 1 aliphatic heterocycles. The van der Waals surface area contributed by atoms with Crippen molar-refractivity contribution in [1.82, 2.24) is 19.7 Å². The van der Waals surface area contributed by atoms with E-state index in [1.165, 1.54) is 0 Å². The zero-order chi connectivity index (χ0) is 17.1. The van der Waals surface area contributed by atoms with E-state index in [2.05, 4.69) is 20.0 Å². The molecule has 1 saturated heterocycles. The van der Waals surface area contributed by atoms with Gasteiger partial charge in [0, 0.05) is 51.1 Å². The molecule has 0 bridgehead atoms. The van der Waals surface area contributed by atoms with Crippen molar-refractivity contribution in [3.05, 3.63) is 35.5 Å². The maximum Gasteiger partial charge on any atom is 0.168 e. The topological polar surface area (TPSA) is 73.1 Å². The van der Waals surface area contributed by atoms with Gasteiger partial charge in [0.25, 0.3) is 0 Å². The number of hydrogen-bond donors (Lipinski definition) is 0. The van der Waals surface area contributed by atoms with Crippen molar-refractivity contribution in [2.75, 3.05) is 18.6 Å². The SMILES string of the molecule is COCc1nc(C)cc(N2CCC[C@H]2CC(=O)c2cnn(C)c2)n1. The van der Waals surface area contributed by atoms with Crippen LogP contribution in [0.5, 0.6) is 0 Å². The summed E-state index contributed by atoms with van der Waals surface area (Å²) in [5.41, 5.74) is 1.58. The van der Waals surface area contributed by atoms with Gasteiger partial charge in [-0.15, -0.1) is 0 Å². The summed E-state index contributed by atoms with van der Waals surface area (Å²) in [6, 6.07) is 2.15. The number of anilines is 1. The standard InChI is InChI=1S/C17H23N5O2/c1-12-7-17(20-16(19-12)11-24-3)22-6-4-5-14(22)8-15(23)13-9-18-21(2)10-13/h7,9-10,14H,4-6,8,11H2,1-3H3/t14-/m0/s1. The van der Waals surface area contributed by atoms with Gasteiger partial charge in [-0.1, -0.05) is 0 Å². The van der Waals surface area contributed by atoms with E-state index in [1.54, 1.807) is 24.2 Å². The molecule has 2 aromatic rings. The van der Waals surface area contributed by atoms with Crippen molar-refractivity contribution in [2.24, 2.45) is 7.05 Å². The quantitative estimate of drug-likeness (QED) is 0.754. The molecule has 0 spiro atoms. The van der Waals surface area contributed by atoms with E-state index < -0.39 is 0 Å². The van der Waals surface area contributed by atoms with Gasteiger partial charge < -0.3 is 9.64 Å². The number of aromatic nitrogens is 4. The Balaban J connectivity index is 1.77. The predicted octanol–water partition coefficient (Wildman–Crippen LogP) is 1.91. The molecule has 3 heterocycles. The number of nitrogens with zero attached hydrogens (tertiary/aromatic N) is 5. The van der Waals surface area contributed by atoms with Gasteiger partial charge in [0.2, 0.25) is 0 Å². The lowest BCUT2D eigenvalue weighted by Gasteiger charge is -2.25. The largest absolute Gasteiger partial charge is 0.377 e. The molecule has 128 valence electrons. The Labute approximate surface area is 141 Å². The highest BCUT2D eigenvalue weighted by Crippen LogP contribution is 2.27. The van der Waals surface area contributed by atoms with Crippen LogP contribution in [0.3, 0.4) is 0 Å². The van der Waals surface area contributed by atoms with Crippen LogP contribution in [-0.4, -0.2) is 45.2 Å². The summed E-state index contributed by atoms with van der Waals surface area (Å²) in [7, 11) is 3.45. The highest BCUT2D eigenvalue weighted by molar-refractivity contribution is 5.96. The highest BCUT2D eigenvalue weighted by atomic mass is 16.5. The van der Waals surface area contributed by atoms with Gasteiger partial charge in [-0.2, -0.15) is 5.10 Å². The molecule has 24 heavy (non-hydrogen) atoms. The molecular weight excluding hydrogens is 306 g/mol. The van der Waals surface area contributed by atoms with Crippen LogP contribution in [0.4, 0.5) is 5.82 Å². The van der Waals surface area contributed by atoms with Crippen LogP contribution in [-0.2, 0) is 18.4 Å². The van der Waals surface area contributed by atoms with Crippen LogP contribution in [0.25, 0.3) is 0 Å². The molecule has 7 heteroatoms. The van der Waals surface area contributed by atoms with Gasteiger partial charge in [0.1, 0.15) is 12.4 Å². The van der Waals surface area contributed by atoms with E-state index in [-0.39, 0.29) is 11.8 Å². The first-order valence-corrected chi connectivity index (χ1v) is 8.19. The highest BCUT2D eigenvalue weighted by Gasteiger charge is 2.28. The minimum atomic E-state index is 0.128. The van der Waals surface area contributed by atoms with Crippen LogP contribution >= 0.6 is 0 Å². The van der Waals surface area contributed by atoms with Crippen LogP contribution in [0.2, 0.25) is 0 Å². The fourth-order valence-corrected chi connectivity index (χ4v) is 3.20. The average Bonchev–Trinajstić information content (AvgIpc) is 3.16. The first kappa shape index (κ1) is 16.6. The van der Waals surface area contributed by atoms with Crippen LogP contribution in [0.1, 0.15) is 41.1 Å². The summed E-state index contributed by atoms with van der Waals surface area (Å²) in [5, 5.41) is 4.08. The third-order valence-electron chi connectivity index (χ3n) is 4.28. The van der Waals surface area contributed by atoms with E-state index in [4.69, 9.17) is 4.74 Å². The van der Waals surface area contributed by atoms with E-state index in [0.29, 0.717) is 24.4 Å². The van der Waals surface area contributed by atoms with Gasteiger partial charge in [-0.05, 0) is 19.8 Å². The maximum absolute atomic E-state index is 12.5. The lowest BCUT2D eigenvalue weighted by atomic mass is 10.0. The fraction of sp³-hybridized carbons (Fsp3) is 0.529. The van der Waals surface area contributed by atoms with Crippen LogP contribution < -0.4 is 4.90 Å². The molecule has 0 N–H and O–H groups in total. The zero-order valence-corrected chi connectivity index (χ0v) is 14.4. The van der Waals surface area contributed by atoms with Crippen molar-refractivity contribution in [2.45, 2.75) is 38.8 Å². The van der Waals surface area contributed by atoms with Gasteiger partial charge in [-0.25, -0.2) is 9.97 Å². The molecule has 0 saturated carbocycles. The molecule has 1 atom stereocenters. The van der Waals surface area contributed by atoms with E-state index >= 15 is 0 Å². The Morgan fingerprint density at radius 2 is 2.25 bits per heavy atom. The van der Waals surface area contributed by atoms with Crippen molar-refractivity contribution in [3.63, 3.8) is 0 Å². The number of ketones is 1. The molecule has 0 amide bonds. The predicted molar refractivity (Wildman–Crippen MR) is 90.0 cm³/mol. The Bertz CT molecular complexity index is 728. The molecule has 0 radical (unpaired) electrons. The molecule has 2 aromatic heterocycles. The molecular formula is C17H23N5O2. The lowest BCUT2D eigenvalue weighted by Crippen LogP contribution is -2.32. The normalized spacial score (nSPS) is 17.5. The summed E-state index contributed by atoms with van der Waals surface area (Å²) in [5.74, 6) is 1.69. The van der Waals surface area contributed by atoms with Crippen molar-refractivity contribution >= 4 is 11.6 Å². The van der Waals surface area contributed by atoms with Crippen molar-refractivity contribution in [1.29, 1.82) is 0 Å². The molecule has 0 unspecified atom stereocenters. The smallest absolute Gasteiger partial charge is 0.168 e. The van der Waals surface area contributed by atoms with Crippen molar-refractivity contribution < 1.29 is 9.53 Å². The Kier molecular flexibility index (Phi) is 4.89. The van der Waals surface area contributed by atoms with Gasteiger partial charge in [0.05, 0.1) is 11.8 Å². The summed E-state index contributed by atoms with van der Waals surface area (Å²) < 4.78 is 6.80. The number of Topliss-reactive ketones (excluding diaryl/α,β-unsaturated/α-hetero) is 1. The summed E-state index contributed by atoms with van der Waals surface area (Å²) in [4.78, 5) is 23.7. The lowest BCUT2D eigenvalue weighted by molar-refractivity contribution is 0.0974. The molecule has 0 aromatic carbocycles. The molecule has 1 aliphatic rings. The van der Waals surface area contributed by atoms with Gasteiger partial charge in [0.15, 0.2) is 11.6 Å². The van der Waals surface area contributed by atoms with Crippen molar-refractivity contribution in [3.8, 4) is 0 Å². The molecule has 3 rings (SSSR count). The minimum Gasteiger partial charge on any atom is -0.377 e. The van der Waals surface area contributed by atoms with E-state index in [0.717, 1.165) is 30.9 Å². The maximum atomic E-state index is 12.5. The second kappa shape index (κ2) is 7.09. The fourth-order valence-electron chi connectivity index (χ4n) is 3.20. The number of aryl methyl sites for hydroxylation is 2. The molecule has 1 fully saturated rings. The Morgan fingerprint density at radius 1 is 1.42 bits per heavy atom. The second-order valence-corrected chi connectivity index (χ2v) is 6.24. The molecule has 0 aliphatic carbocycles. The number of carbonyl (C=O) groups excluding carboxylic acids is 1. The number of hydrogen-bond acceptors (Lipinski definition) is 6. The average molecular weight is 329 g/mol. The number of rotatable bonds is 6. The zero-order valence-electron chi connectivity index (χ0n) is 14.4. The third kappa shape index (κ3) is 3.62. The summed E-state index contributed by atoms with van der Waals surface area (Å²) in [6.07, 6.45) is 5.94. The summed E-state index contributed by atoms with van der Waals surface area (Å²) >= 11 is 0. The number of ether oxygens (including phenoxy) is 1. The number of methoxy groups -OCH3 is 1. The first-order valence-electron chi connectivity index (χ1n) is 8.19. The Morgan fingerprint density at radius 3 is 2.96 bits per heavy atom. The molecule has 7 nitrogen and oxygen atoms in total. The third-order valence-corrected chi connectivity index (χ3v) is 4.28. The van der Waals surface area contributed by atoms with Gasteiger partial charge >= 0.3 is 0 Å². The van der Waals surface area contributed by atoms with E-state index in [9.17, 15) is 4.79 Å². The van der Waals surface area contributed by atoms with Gasteiger partial charge in [-0.3, -0.25) is 9.48 Å². The minimum absolute atomic E-state index is 0.128.